The molecule has 0 aliphatic heterocycles. The van der Waals surface area contributed by atoms with E-state index in [1.165, 1.54) is 12.3 Å². The molecule has 2 aromatic heterocycles. The number of carboxylic acids is 1. The summed E-state index contributed by atoms with van der Waals surface area (Å²) in [4.78, 5) is 14.6. The Morgan fingerprint density at radius 1 is 1.40 bits per heavy atom. The number of aromatic carboxylic acids is 1. The van der Waals surface area contributed by atoms with E-state index in [2.05, 4.69) is 32.7 Å². The van der Waals surface area contributed by atoms with Crippen LogP contribution in [0.3, 0.4) is 0 Å². The van der Waals surface area contributed by atoms with Gasteiger partial charge in [0.15, 0.2) is 5.82 Å². The number of hydrogen-bond acceptors (Lipinski definition) is 3. The van der Waals surface area contributed by atoms with Crippen LogP contribution < -0.4 is 0 Å². The highest BCUT2D eigenvalue weighted by Crippen LogP contribution is 2.08. The van der Waals surface area contributed by atoms with E-state index in [0.717, 1.165) is 3.57 Å². The fourth-order valence-electron chi connectivity index (χ4n) is 1.07. The van der Waals surface area contributed by atoms with E-state index in [1.54, 1.807) is 16.9 Å². The maximum atomic E-state index is 10.6. The lowest BCUT2D eigenvalue weighted by Gasteiger charge is -1.99. The zero-order valence-corrected chi connectivity index (χ0v) is 9.62. The maximum Gasteiger partial charge on any atom is 0.337 e. The van der Waals surface area contributed by atoms with Crippen LogP contribution in [-0.2, 0) is 0 Å². The molecule has 1 N–H and O–H groups in total. The van der Waals surface area contributed by atoms with Crippen molar-refractivity contribution >= 4 is 28.6 Å². The van der Waals surface area contributed by atoms with Crippen LogP contribution in [0.25, 0.3) is 5.82 Å². The summed E-state index contributed by atoms with van der Waals surface area (Å²) >= 11 is 2.14. The van der Waals surface area contributed by atoms with Gasteiger partial charge in [-0.25, -0.2) is 14.5 Å². The number of aromatic nitrogens is 3. The SMILES string of the molecule is O=C(O)c1ccc(-n2cc(I)cn2)nc1. The van der Waals surface area contributed by atoms with E-state index in [-0.39, 0.29) is 5.56 Å². The maximum absolute atomic E-state index is 10.6. The van der Waals surface area contributed by atoms with E-state index in [4.69, 9.17) is 5.11 Å². The molecule has 0 atom stereocenters. The molecule has 0 spiro atoms. The minimum atomic E-state index is -0.982. The first kappa shape index (κ1) is 10.1. The van der Waals surface area contributed by atoms with Crippen molar-refractivity contribution in [3.8, 4) is 5.82 Å². The molecule has 76 valence electrons. The third kappa shape index (κ3) is 2.14. The van der Waals surface area contributed by atoms with E-state index in [0.29, 0.717) is 5.82 Å². The second-order valence-corrected chi connectivity index (χ2v) is 4.06. The Hall–Kier alpha value is -1.44. The summed E-state index contributed by atoms with van der Waals surface area (Å²) in [5, 5.41) is 12.7. The van der Waals surface area contributed by atoms with Gasteiger partial charge < -0.3 is 5.11 Å². The van der Waals surface area contributed by atoms with Crippen molar-refractivity contribution in [1.82, 2.24) is 14.8 Å². The average Bonchev–Trinajstić information content (AvgIpc) is 2.65. The summed E-state index contributed by atoms with van der Waals surface area (Å²) < 4.78 is 2.59. The van der Waals surface area contributed by atoms with Gasteiger partial charge in [-0.3, -0.25) is 0 Å². The average molecular weight is 315 g/mol. The summed E-state index contributed by atoms with van der Waals surface area (Å²) in [6, 6.07) is 3.12. The third-order valence-corrected chi connectivity index (χ3v) is 2.34. The number of pyridine rings is 1. The van der Waals surface area contributed by atoms with Crippen molar-refractivity contribution in [1.29, 1.82) is 0 Å². The Labute approximate surface area is 98.9 Å². The van der Waals surface area contributed by atoms with Crippen molar-refractivity contribution in [2.24, 2.45) is 0 Å². The van der Waals surface area contributed by atoms with Gasteiger partial charge >= 0.3 is 5.97 Å². The molecular weight excluding hydrogens is 309 g/mol. The van der Waals surface area contributed by atoms with Crippen LogP contribution >= 0.6 is 22.6 Å². The van der Waals surface area contributed by atoms with Gasteiger partial charge in [-0.1, -0.05) is 0 Å². The number of carbonyl (C=O) groups is 1. The minimum absolute atomic E-state index is 0.167. The Balaban J connectivity index is 2.35. The molecule has 0 bridgehead atoms. The molecular formula is C9H6IN3O2. The predicted molar refractivity (Wildman–Crippen MR) is 61.0 cm³/mol. The van der Waals surface area contributed by atoms with E-state index in [9.17, 15) is 4.79 Å². The standard InChI is InChI=1S/C9H6IN3O2/c10-7-4-12-13(5-7)8-2-1-6(3-11-8)9(14)15/h1-5H,(H,14,15). The third-order valence-electron chi connectivity index (χ3n) is 1.78. The van der Waals surface area contributed by atoms with Crippen LogP contribution in [0.2, 0.25) is 0 Å². The Bertz CT molecular complexity index is 492. The number of hydrogen-bond donors (Lipinski definition) is 1. The van der Waals surface area contributed by atoms with Crippen molar-refractivity contribution in [2.45, 2.75) is 0 Å². The van der Waals surface area contributed by atoms with Crippen LogP contribution in [0, 0.1) is 3.57 Å². The van der Waals surface area contributed by atoms with E-state index in [1.807, 2.05) is 6.20 Å². The van der Waals surface area contributed by atoms with E-state index >= 15 is 0 Å². The summed E-state index contributed by atoms with van der Waals surface area (Å²) in [5.41, 5.74) is 0.167. The monoisotopic (exact) mass is 315 g/mol. The molecule has 0 saturated carbocycles. The van der Waals surface area contributed by atoms with Crippen molar-refractivity contribution in [3.05, 3.63) is 39.9 Å². The van der Waals surface area contributed by atoms with Crippen molar-refractivity contribution < 1.29 is 9.90 Å². The topological polar surface area (TPSA) is 68.0 Å². The van der Waals surface area contributed by atoms with Gasteiger partial charge in [0.25, 0.3) is 0 Å². The normalized spacial score (nSPS) is 10.2. The van der Waals surface area contributed by atoms with Crippen molar-refractivity contribution in [2.75, 3.05) is 0 Å². The molecule has 15 heavy (non-hydrogen) atoms. The summed E-state index contributed by atoms with van der Waals surface area (Å²) in [7, 11) is 0. The summed E-state index contributed by atoms with van der Waals surface area (Å²) in [5.74, 6) is -0.382. The van der Waals surface area contributed by atoms with Gasteiger partial charge in [0, 0.05) is 12.4 Å². The second kappa shape index (κ2) is 3.97. The number of halogens is 1. The quantitative estimate of drug-likeness (QED) is 0.854. The van der Waals surface area contributed by atoms with Gasteiger partial charge in [0.05, 0.1) is 15.3 Å². The highest BCUT2D eigenvalue weighted by molar-refractivity contribution is 14.1. The Morgan fingerprint density at radius 2 is 2.20 bits per heavy atom. The molecule has 0 aliphatic rings. The first-order valence-electron chi connectivity index (χ1n) is 4.07. The van der Waals surface area contributed by atoms with E-state index < -0.39 is 5.97 Å². The fourth-order valence-corrected chi connectivity index (χ4v) is 1.46. The molecule has 5 nitrogen and oxygen atoms in total. The van der Waals surface area contributed by atoms with Gasteiger partial charge in [0.2, 0.25) is 0 Å². The van der Waals surface area contributed by atoms with Gasteiger partial charge in [0.1, 0.15) is 0 Å². The van der Waals surface area contributed by atoms with Gasteiger partial charge in [-0.05, 0) is 34.7 Å². The lowest BCUT2D eigenvalue weighted by atomic mass is 10.3. The molecule has 0 aromatic carbocycles. The molecule has 0 aliphatic carbocycles. The van der Waals surface area contributed by atoms with Gasteiger partial charge in [-0.15, -0.1) is 0 Å². The lowest BCUT2D eigenvalue weighted by molar-refractivity contribution is 0.0696. The molecule has 2 heterocycles. The van der Waals surface area contributed by atoms with Gasteiger partial charge in [-0.2, -0.15) is 5.10 Å². The molecule has 0 saturated heterocycles. The largest absolute Gasteiger partial charge is 0.478 e. The number of nitrogens with zero attached hydrogens (tertiary/aromatic N) is 3. The van der Waals surface area contributed by atoms with Crippen molar-refractivity contribution in [3.63, 3.8) is 0 Å². The highest BCUT2D eigenvalue weighted by Gasteiger charge is 2.04. The summed E-state index contributed by atoms with van der Waals surface area (Å²) in [6.07, 6.45) is 4.82. The highest BCUT2D eigenvalue weighted by atomic mass is 127. The second-order valence-electron chi connectivity index (χ2n) is 2.81. The minimum Gasteiger partial charge on any atom is -0.478 e. The van der Waals surface area contributed by atoms with Crippen LogP contribution in [0.15, 0.2) is 30.7 Å². The molecule has 0 fully saturated rings. The molecule has 2 aromatic rings. The predicted octanol–water partition coefficient (Wildman–Crippen LogP) is 1.57. The molecule has 0 radical (unpaired) electrons. The number of rotatable bonds is 2. The fraction of sp³-hybridized carbons (Fsp3) is 0. The zero-order chi connectivity index (χ0) is 10.8. The zero-order valence-electron chi connectivity index (χ0n) is 7.46. The first-order chi connectivity index (χ1) is 7.16. The van der Waals surface area contributed by atoms with Crippen LogP contribution in [0.4, 0.5) is 0 Å². The Morgan fingerprint density at radius 3 is 2.67 bits per heavy atom. The molecule has 2 rings (SSSR count). The smallest absolute Gasteiger partial charge is 0.337 e. The molecule has 0 unspecified atom stereocenters. The molecule has 0 amide bonds. The summed E-state index contributed by atoms with van der Waals surface area (Å²) in [6.45, 7) is 0. The first-order valence-corrected chi connectivity index (χ1v) is 5.14. The lowest BCUT2D eigenvalue weighted by Crippen LogP contribution is -2.01. The van der Waals surface area contributed by atoms with Crippen LogP contribution in [-0.4, -0.2) is 25.8 Å². The van der Waals surface area contributed by atoms with Crippen LogP contribution in [0.1, 0.15) is 10.4 Å². The molecule has 6 heteroatoms. The van der Waals surface area contributed by atoms with Crippen LogP contribution in [0.5, 0.6) is 0 Å². The number of carboxylic acid groups (broad SMARTS) is 1. The Kier molecular flexibility index (Phi) is 2.67.